The Morgan fingerprint density at radius 2 is 1.95 bits per heavy atom. The number of para-hydroxylation sites is 2. The highest BCUT2D eigenvalue weighted by molar-refractivity contribution is 9.10. The van der Waals surface area contributed by atoms with Gasteiger partial charge < -0.3 is 20.4 Å². The van der Waals surface area contributed by atoms with E-state index in [4.69, 9.17) is 4.74 Å². The van der Waals surface area contributed by atoms with Crippen molar-refractivity contribution in [3.63, 3.8) is 0 Å². The van der Waals surface area contributed by atoms with E-state index in [1.54, 1.807) is 23.4 Å². The van der Waals surface area contributed by atoms with Gasteiger partial charge in [-0.25, -0.2) is 14.8 Å². The molecule has 4 heterocycles. The van der Waals surface area contributed by atoms with Gasteiger partial charge in [-0.2, -0.15) is 0 Å². The third kappa shape index (κ3) is 5.28. The molecule has 10 nitrogen and oxygen atoms in total. The smallest absolute Gasteiger partial charge is 0.415 e. The molecule has 0 bridgehead atoms. The van der Waals surface area contributed by atoms with Crippen molar-refractivity contribution in [3.05, 3.63) is 53.0 Å². The Kier molecular flexibility index (Phi) is 6.82. The molecule has 0 radical (unpaired) electrons. The first-order valence-corrected chi connectivity index (χ1v) is 12.9. The number of anilines is 2. The van der Waals surface area contributed by atoms with Crippen molar-refractivity contribution in [2.45, 2.75) is 45.3 Å². The second-order valence-electron chi connectivity index (χ2n) is 9.93. The number of benzene rings is 1. The molecule has 1 saturated heterocycles. The van der Waals surface area contributed by atoms with Crippen LogP contribution in [-0.4, -0.2) is 56.7 Å². The summed E-state index contributed by atoms with van der Waals surface area (Å²) in [6.07, 6.45) is 6.01. The van der Waals surface area contributed by atoms with Gasteiger partial charge in [0, 0.05) is 18.9 Å². The maximum absolute atomic E-state index is 13.6. The summed E-state index contributed by atoms with van der Waals surface area (Å²) in [5.41, 5.74) is 2.40. The maximum Gasteiger partial charge on any atom is 0.415 e. The third-order valence-electron chi connectivity index (χ3n) is 6.03. The molecule has 11 heteroatoms. The summed E-state index contributed by atoms with van der Waals surface area (Å²) >= 11 is 3.61. The Bertz CT molecular complexity index is 1470. The zero-order chi connectivity index (χ0) is 26.2. The number of nitrogens with zero attached hydrogens (tertiary/aromatic N) is 4. The predicted molar refractivity (Wildman–Crippen MR) is 146 cm³/mol. The Morgan fingerprint density at radius 3 is 2.68 bits per heavy atom. The van der Waals surface area contributed by atoms with Gasteiger partial charge in [-0.15, -0.1) is 0 Å². The van der Waals surface area contributed by atoms with Crippen molar-refractivity contribution in [1.29, 1.82) is 0 Å². The van der Waals surface area contributed by atoms with E-state index in [-0.39, 0.29) is 11.7 Å². The Morgan fingerprint density at radius 1 is 1.16 bits per heavy atom. The van der Waals surface area contributed by atoms with Crippen LogP contribution in [0.15, 0.2) is 47.3 Å². The number of piperidine rings is 1. The van der Waals surface area contributed by atoms with E-state index in [9.17, 15) is 9.59 Å². The number of aromatic amines is 1. The van der Waals surface area contributed by atoms with E-state index in [0.717, 1.165) is 19.4 Å². The van der Waals surface area contributed by atoms with Gasteiger partial charge in [-0.1, -0.05) is 12.1 Å². The summed E-state index contributed by atoms with van der Waals surface area (Å²) < 4.78 is 6.43. The Balaban J connectivity index is 1.57. The zero-order valence-electron chi connectivity index (χ0n) is 20.8. The van der Waals surface area contributed by atoms with Crippen LogP contribution in [0.1, 0.15) is 44.1 Å². The number of aromatic nitrogens is 4. The largest absolute Gasteiger partial charge is 0.443 e. The van der Waals surface area contributed by atoms with Crippen molar-refractivity contribution in [3.8, 4) is 0 Å². The van der Waals surface area contributed by atoms with Gasteiger partial charge in [-0.05, 0) is 68.2 Å². The molecule has 1 aliphatic rings. The lowest BCUT2D eigenvalue weighted by Gasteiger charge is -2.36. The molecular weight excluding hydrogens is 538 g/mol. The van der Waals surface area contributed by atoms with Gasteiger partial charge >= 0.3 is 6.09 Å². The number of rotatable bonds is 4. The highest BCUT2D eigenvalue weighted by Gasteiger charge is 2.34. The van der Waals surface area contributed by atoms with E-state index in [1.807, 2.05) is 39.0 Å². The van der Waals surface area contributed by atoms with Gasteiger partial charge in [-0.3, -0.25) is 14.7 Å². The van der Waals surface area contributed by atoms with Crippen molar-refractivity contribution >= 4 is 61.4 Å². The number of carbonyl (C=O) groups is 2. The van der Waals surface area contributed by atoms with E-state index in [1.165, 1.54) is 6.20 Å². The molecule has 0 saturated carbocycles. The number of hydrogen-bond acceptors (Lipinski definition) is 7. The second kappa shape index (κ2) is 10.1. The fourth-order valence-electron chi connectivity index (χ4n) is 4.43. The van der Waals surface area contributed by atoms with E-state index >= 15 is 0 Å². The average molecular weight is 566 g/mol. The number of pyridine rings is 1. The SMILES string of the molecule is CC(C)(C)OC(=O)N(c1c(Br)cnc2[nH]cc(NC(=O)c3cnc4ccccc4n3)c12)[C@@H]1CCCNC1. The number of fused-ring (bicyclic) bond motifs is 2. The number of halogens is 1. The fourth-order valence-corrected chi connectivity index (χ4v) is 4.92. The molecule has 192 valence electrons. The van der Waals surface area contributed by atoms with Crippen LogP contribution < -0.4 is 15.5 Å². The van der Waals surface area contributed by atoms with Crippen molar-refractivity contribution < 1.29 is 14.3 Å². The summed E-state index contributed by atoms with van der Waals surface area (Å²) in [6.45, 7) is 7.03. The first kappa shape index (κ1) is 25.1. The predicted octanol–water partition coefficient (Wildman–Crippen LogP) is 5.01. The number of nitrogens with one attached hydrogen (secondary N) is 3. The Hall–Kier alpha value is -3.57. The van der Waals surface area contributed by atoms with E-state index in [0.29, 0.717) is 44.5 Å². The molecule has 3 N–H and O–H groups in total. The molecule has 0 spiro atoms. The standard InChI is InChI=1S/C26H28BrN7O3/c1-26(2,3)37-25(36)34(15-7-6-10-28-11-15)22-16(27)12-30-23-21(22)19(13-31-23)33-24(35)20-14-29-17-8-4-5-9-18(17)32-20/h4-5,8-9,12-15,28H,6-7,10-11H2,1-3H3,(H,30,31)(H,33,35)/t15-/m1/s1. The van der Waals surface area contributed by atoms with Crippen molar-refractivity contribution in [2.75, 3.05) is 23.3 Å². The first-order valence-electron chi connectivity index (χ1n) is 12.1. The van der Waals surface area contributed by atoms with E-state index < -0.39 is 17.6 Å². The monoisotopic (exact) mass is 565 g/mol. The summed E-state index contributed by atoms with van der Waals surface area (Å²) in [4.78, 5) is 44.8. The first-order chi connectivity index (χ1) is 17.7. The van der Waals surface area contributed by atoms with Crippen LogP contribution in [0.25, 0.3) is 22.1 Å². The minimum absolute atomic E-state index is 0.143. The summed E-state index contributed by atoms with van der Waals surface area (Å²) in [5, 5.41) is 6.90. The summed E-state index contributed by atoms with van der Waals surface area (Å²) in [7, 11) is 0. The number of hydrogen-bond donors (Lipinski definition) is 3. The zero-order valence-corrected chi connectivity index (χ0v) is 22.4. The molecule has 3 aromatic heterocycles. The molecule has 1 aliphatic heterocycles. The van der Waals surface area contributed by atoms with Crippen molar-refractivity contribution in [1.82, 2.24) is 25.3 Å². The van der Waals surface area contributed by atoms with Crippen LogP contribution in [0.2, 0.25) is 0 Å². The summed E-state index contributed by atoms with van der Waals surface area (Å²) in [5.74, 6) is -0.423. The maximum atomic E-state index is 13.6. The highest BCUT2D eigenvalue weighted by atomic mass is 79.9. The fraction of sp³-hybridized carbons (Fsp3) is 0.346. The lowest BCUT2D eigenvalue weighted by molar-refractivity contribution is 0.0560. The number of ether oxygens (including phenoxy) is 1. The van der Waals surface area contributed by atoms with Gasteiger partial charge in [0.1, 0.15) is 16.9 Å². The minimum Gasteiger partial charge on any atom is -0.443 e. The molecule has 0 aliphatic carbocycles. The van der Waals surface area contributed by atoms with Crippen LogP contribution >= 0.6 is 15.9 Å². The molecule has 1 atom stereocenters. The third-order valence-corrected chi connectivity index (χ3v) is 6.61. The molecule has 1 aromatic carbocycles. The summed E-state index contributed by atoms with van der Waals surface area (Å²) in [6, 6.07) is 7.22. The number of carbonyl (C=O) groups excluding carboxylic acids is 2. The normalized spacial score (nSPS) is 16.1. The molecule has 5 rings (SSSR count). The van der Waals surface area contributed by atoms with Gasteiger partial charge in [0.05, 0.1) is 44.5 Å². The lowest BCUT2D eigenvalue weighted by atomic mass is 10.0. The average Bonchev–Trinajstić information content (AvgIpc) is 3.27. The van der Waals surface area contributed by atoms with Gasteiger partial charge in [0.2, 0.25) is 0 Å². The molecule has 1 fully saturated rings. The molecule has 0 unspecified atom stereocenters. The highest BCUT2D eigenvalue weighted by Crippen LogP contribution is 2.40. The molecule has 2 amide bonds. The number of H-pyrrole nitrogens is 1. The number of amides is 2. The minimum atomic E-state index is -0.681. The van der Waals surface area contributed by atoms with Gasteiger partial charge in [0.25, 0.3) is 5.91 Å². The Labute approximate surface area is 222 Å². The quantitative estimate of drug-likeness (QED) is 0.317. The van der Waals surface area contributed by atoms with Crippen LogP contribution in [0.3, 0.4) is 0 Å². The molecule has 37 heavy (non-hydrogen) atoms. The van der Waals surface area contributed by atoms with Crippen LogP contribution in [0.4, 0.5) is 16.2 Å². The van der Waals surface area contributed by atoms with Crippen molar-refractivity contribution in [2.24, 2.45) is 0 Å². The lowest BCUT2D eigenvalue weighted by Crippen LogP contribution is -2.50. The van der Waals surface area contributed by atoms with Crippen LogP contribution in [0.5, 0.6) is 0 Å². The van der Waals surface area contributed by atoms with Crippen LogP contribution in [0, 0.1) is 0 Å². The van der Waals surface area contributed by atoms with E-state index in [2.05, 4.69) is 46.5 Å². The van der Waals surface area contributed by atoms with Gasteiger partial charge in [0.15, 0.2) is 0 Å². The van der Waals surface area contributed by atoms with Crippen LogP contribution in [-0.2, 0) is 4.74 Å². The molecular formula is C26H28BrN7O3. The molecule has 4 aromatic rings. The topological polar surface area (TPSA) is 125 Å². The second-order valence-corrected chi connectivity index (χ2v) is 10.8.